The van der Waals surface area contributed by atoms with Gasteiger partial charge in [-0.15, -0.1) is 0 Å². The van der Waals surface area contributed by atoms with Crippen LogP contribution in [0.15, 0.2) is 78.9 Å². The van der Waals surface area contributed by atoms with Gasteiger partial charge in [0, 0.05) is 25.1 Å². The second-order valence-electron chi connectivity index (χ2n) is 8.69. The van der Waals surface area contributed by atoms with E-state index in [1.165, 1.54) is 10.5 Å². The van der Waals surface area contributed by atoms with Gasteiger partial charge in [0.25, 0.3) is 5.91 Å². The van der Waals surface area contributed by atoms with Gasteiger partial charge in [0.1, 0.15) is 6.54 Å². The molecule has 34 heavy (non-hydrogen) atoms. The van der Waals surface area contributed by atoms with Gasteiger partial charge in [0.05, 0.1) is 11.4 Å². The standard InChI is InChI=1S/C28H29N3O3/c1-20-18-26(32)29-24-14-8-9-15-25(24)31(20)27(33)19-30(2)28(34)23-13-7-6-12-22(23)17-16-21-10-4-3-5-11-21/h3-15,20H,16-19H2,1-2H3,(H,29,32)/t20-/m0/s1. The summed E-state index contributed by atoms with van der Waals surface area (Å²) in [6, 6.07) is 24.7. The smallest absolute Gasteiger partial charge is 0.254 e. The Morgan fingerprint density at radius 2 is 1.62 bits per heavy atom. The molecule has 0 aliphatic carbocycles. The molecular weight excluding hydrogens is 426 g/mol. The van der Waals surface area contributed by atoms with E-state index in [1.54, 1.807) is 18.0 Å². The number of likely N-dealkylation sites (N-methyl/N-ethyl adjacent to an activating group) is 1. The Morgan fingerprint density at radius 3 is 2.41 bits per heavy atom. The van der Waals surface area contributed by atoms with E-state index in [0.29, 0.717) is 16.9 Å². The summed E-state index contributed by atoms with van der Waals surface area (Å²) < 4.78 is 0. The van der Waals surface area contributed by atoms with Crippen LogP contribution in [0.4, 0.5) is 11.4 Å². The number of rotatable bonds is 6. The maximum Gasteiger partial charge on any atom is 0.254 e. The zero-order valence-corrected chi connectivity index (χ0v) is 19.5. The summed E-state index contributed by atoms with van der Waals surface area (Å²) in [5.74, 6) is -0.553. The second-order valence-corrected chi connectivity index (χ2v) is 8.69. The molecule has 1 aliphatic rings. The van der Waals surface area contributed by atoms with Crippen LogP contribution in [-0.4, -0.2) is 42.3 Å². The van der Waals surface area contributed by atoms with E-state index >= 15 is 0 Å². The van der Waals surface area contributed by atoms with Crippen molar-refractivity contribution in [2.24, 2.45) is 0 Å². The van der Waals surface area contributed by atoms with Gasteiger partial charge in [0.2, 0.25) is 11.8 Å². The predicted octanol–water partition coefficient (Wildman–Crippen LogP) is 4.31. The first-order chi connectivity index (χ1) is 16.4. The van der Waals surface area contributed by atoms with Crippen molar-refractivity contribution in [1.82, 2.24) is 4.90 Å². The van der Waals surface area contributed by atoms with Gasteiger partial charge in [-0.05, 0) is 49.1 Å². The summed E-state index contributed by atoms with van der Waals surface area (Å²) in [6.45, 7) is 1.76. The summed E-state index contributed by atoms with van der Waals surface area (Å²) in [4.78, 5) is 42.0. The number of carbonyl (C=O) groups excluding carboxylic acids is 3. The Balaban J connectivity index is 1.50. The number of hydrogen-bond acceptors (Lipinski definition) is 3. The number of nitrogens with zero attached hydrogens (tertiary/aromatic N) is 2. The summed E-state index contributed by atoms with van der Waals surface area (Å²) >= 11 is 0. The zero-order chi connectivity index (χ0) is 24.1. The molecule has 1 aliphatic heterocycles. The SMILES string of the molecule is C[C@H]1CC(=O)Nc2ccccc2N1C(=O)CN(C)C(=O)c1ccccc1CCc1ccccc1. The zero-order valence-electron chi connectivity index (χ0n) is 19.5. The van der Waals surface area contributed by atoms with Gasteiger partial charge in [-0.25, -0.2) is 0 Å². The molecule has 0 radical (unpaired) electrons. The quantitative estimate of drug-likeness (QED) is 0.602. The first-order valence-electron chi connectivity index (χ1n) is 11.5. The Kier molecular flexibility index (Phi) is 7.07. The van der Waals surface area contributed by atoms with Crippen molar-refractivity contribution in [3.63, 3.8) is 0 Å². The van der Waals surface area contributed by atoms with E-state index in [0.717, 1.165) is 18.4 Å². The van der Waals surface area contributed by atoms with Crippen LogP contribution >= 0.6 is 0 Å². The lowest BCUT2D eigenvalue weighted by Gasteiger charge is -2.30. The molecule has 4 rings (SSSR count). The fourth-order valence-electron chi connectivity index (χ4n) is 4.39. The minimum absolute atomic E-state index is 0.0846. The Morgan fingerprint density at radius 1 is 0.941 bits per heavy atom. The van der Waals surface area contributed by atoms with Crippen molar-refractivity contribution in [2.45, 2.75) is 32.2 Å². The number of nitrogens with one attached hydrogen (secondary N) is 1. The van der Waals surface area contributed by atoms with Crippen molar-refractivity contribution >= 4 is 29.1 Å². The number of para-hydroxylation sites is 2. The number of aryl methyl sites for hydroxylation is 2. The molecule has 1 atom stereocenters. The molecule has 0 aromatic heterocycles. The monoisotopic (exact) mass is 455 g/mol. The number of fused-ring (bicyclic) bond motifs is 1. The summed E-state index contributed by atoms with van der Waals surface area (Å²) in [7, 11) is 1.64. The van der Waals surface area contributed by atoms with Crippen molar-refractivity contribution < 1.29 is 14.4 Å². The van der Waals surface area contributed by atoms with E-state index in [-0.39, 0.29) is 36.7 Å². The molecule has 3 amide bonds. The molecule has 1 N–H and O–H groups in total. The Hall–Kier alpha value is -3.93. The van der Waals surface area contributed by atoms with Crippen molar-refractivity contribution in [2.75, 3.05) is 23.8 Å². The number of benzene rings is 3. The highest BCUT2D eigenvalue weighted by atomic mass is 16.2. The van der Waals surface area contributed by atoms with Crippen LogP contribution in [0, 0.1) is 0 Å². The molecule has 1 heterocycles. The van der Waals surface area contributed by atoms with E-state index in [1.807, 2.05) is 67.6 Å². The molecule has 174 valence electrons. The van der Waals surface area contributed by atoms with Crippen molar-refractivity contribution in [3.05, 3.63) is 95.6 Å². The molecule has 0 fully saturated rings. The third-order valence-electron chi connectivity index (χ3n) is 6.12. The van der Waals surface area contributed by atoms with Crippen LogP contribution < -0.4 is 10.2 Å². The van der Waals surface area contributed by atoms with Crippen LogP contribution in [-0.2, 0) is 22.4 Å². The fraction of sp³-hybridized carbons (Fsp3) is 0.250. The van der Waals surface area contributed by atoms with Crippen LogP contribution in [0.3, 0.4) is 0 Å². The van der Waals surface area contributed by atoms with Crippen LogP contribution in [0.5, 0.6) is 0 Å². The molecule has 3 aromatic rings. The van der Waals surface area contributed by atoms with Gasteiger partial charge in [-0.3, -0.25) is 14.4 Å². The number of carbonyl (C=O) groups is 3. The third-order valence-corrected chi connectivity index (χ3v) is 6.12. The summed E-state index contributed by atoms with van der Waals surface area (Å²) in [5, 5.41) is 2.86. The largest absolute Gasteiger partial charge is 0.332 e. The van der Waals surface area contributed by atoms with Gasteiger partial charge >= 0.3 is 0 Å². The first-order valence-corrected chi connectivity index (χ1v) is 11.5. The van der Waals surface area contributed by atoms with Gasteiger partial charge in [0.15, 0.2) is 0 Å². The maximum absolute atomic E-state index is 13.4. The molecule has 0 bridgehead atoms. The predicted molar refractivity (Wildman–Crippen MR) is 134 cm³/mol. The van der Waals surface area contributed by atoms with Crippen molar-refractivity contribution in [3.8, 4) is 0 Å². The molecule has 0 unspecified atom stereocenters. The first kappa shape index (κ1) is 23.2. The third kappa shape index (κ3) is 5.17. The highest BCUT2D eigenvalue weighted by Gasteiger charge is 2.31. The molecule has 6 heteroatoms. The van der Waals surface area contributed by atoms with Crippen LogP contribution in [0.1, 0.15) is 34.8 Å². The van der Waals surface area contributed by atoms with E-state index in [2.05, 4.69) is 17.4 Å². The minimum Gasteiger partial charge on any atom is -0.332 e. The molecule has 0 saturated heterocycles. The van der Waals surface area contributed by atoms with Crippen molar-refractivity contribution in [1.29, 1.82) is 0 Å². The lowest BCUT2D eigenvalue weighted by Crippen LogP contribution is -2.45. The Bertz CT molecular complexity index is 1190. The summed E-state index contributed by atoms with van der Waals surface area (Å²) in [5.41, 5.74) is 4.03. The molecule has 0 spiro atoms. The van der Waals surface area contributed by atoms with E-state index in [9.17, 15) is 14.4 Å². The average molecular weight is 456 g/mol. The maximum atomic E-state index is 13.4. The molecule has 3 aromatic carbocycles. The molecular formula is C28H29N3O3. The van der Waals surface area contributed by atoms with Gasteiger partial charge in [-0.2, -0.15) is 0 Å². The van der Waals surface area contributed by atoms with Gasteiger partial charge in [-0.1, -0.05) is 60.7 Å². The minimum atomic E-state index is -0.321. The molecule has 0 saturated carbocycles. The normalized spacial score (nSPS) is 15.2. The highest BCUT2D eigenvalue weighted by molar-refractivity contribution is 6.06. The second kappa shape index (κ2) is 10.3. The van der Waals surface area contributed by atoms with E-state index < -0.39 is 0 Å². The lowest BCUT2D eigenvalue weighted by atomic mass is 9.99. The lowest BCUT2D eigenvalue weighted by molar-refractivity contribution is -0.119. The highest BCUT2D eigenvalue weighted by Crippen LogP contribution is 2.31. The number of anilines is 2. The van der Waals surface area contributed by atoms with E-state index in [4.69, 9.17) is 0 Å². The average Bonchev–Trinajstić information content (AvgIpc) is 2.97. The van der Waals surface area contributed by atoms with Crippen LogP contribution in [0.25, 0.3) is 0 Å². The number of amides is 3. The summed E-state index contributed by atoms with van der Waals surface area (Å²) in [6.07, 6.45) is 1.76. The van der Waals surface area contributed by atoms with Gasteiger partial charge < -0.3 is 15.1 Å². The number of hydrogen-bond donors (Lipinski definition) is 1. The van der Waals surface area contributed by atoms with Crippen LogP contribution in [0.2, 0.25) is 0 Å². The molecule has 6 nitrogen and oxygen atoms in total. The Labute approximate surface area is 200 Å². The topological polar surface area (TPSA) is 69.7 Å². The fourth-order valence-corrected chi connectivity index (χ4v) is 4.39.